The third-order valence-electron chi connectivity index (χ3n) is 5.37. The monoisotopic (exact) mass is 308 g/mol. The van der Waals surface area contributed by atoms with E-state index in [0.29, 0.717) is 6.04 Å². The van der Waals surface area contributed by atoms with Gasteiger partial charge in [0.1, 0.15) is 0 Å². The summed E-state index contributed by atoms with van der Waals surface area (Å²) >= 11 is 0. The molecule has 4 heteroatoms. The summed E-state index contributed by atoms with van der Waals surface area (Å²) < 4.78 is 0. The van der Waals surface area contributed by atoms with Gasteiger partial charge in [-0.15, -0.1) is 0 Å². The number of likely N-dealkylation sites (tertiary alicyclic amines) is 2. The van der Waals surface area contributed by atoms with Crippen molar-refractivity contribution in [2.24, 2.45) is 11.8 Å². The van der Waals surface area contributed by atoms with Crippen LogP contribution >= 0.6 is 0 Å². The Morgan fingerprint density at radius 2 is 1.68 bits per heavy atom. The van der Waals surface area contributed by atoms with Crippen LogP contribution in [-0.2, 0) is 9.59 Å². The average Bonchev–Trinajstić information content (AvgIpc) is 2.53. The Morgan fingerprint density at radius 1 is 1.00 bits per heavy atom. The molecule has 0 saturated carbocycles. The zero-order chi connectivity index (χ0) is 16.1. The van der Waals surface area contributed by atoms with Crippen molar-refractivity contribution < 1.29 is 9.59 Å². The number of amides is 1. The van der Waals surface area contributed by atoms with Gasteiger partial charge in [0.15, 0.2) is 0 Å². The van der Waals surface area contributed by atoms with E-state index in [9.17, 15) is 9.59 Å². The molecule has 0 aliphatic carbocycles. The van der Waals surface area contributed by atoms with Gasteiger partial charge in [0.05, 0.1) is 0 Å². The Labute approximate surface area is 135 Å². The van der Waals surface area contributed by atoms with Crippen LogP contribution in [0.1, 0.15) is 58.8 Å². The second-order valence-corrected chi connectivity index (χ2v) is 7.49. The number of hydrogen-bond donors (Lipinski definition) is 0. The Kier molecular flexibility index (Phi) is 6.42. The molecule has 2 aliphatic heterocycles. The van der Waals surface area contributed by atoms with E-state index in [4.69, 9.17) is 0 Å². The van der Waals surface area contributed by atoms with E-state index < -0.39 is 0 Å². The van der Waals surface area contributed by atoms with E-state index in [1.54, 1.807) is 0 Å². The summed E-state index contributed by atoms with van der Waals surface area (Å²) in [7, 11) is 2.19. The third-order valence-corrected chi connectivity index (χ3v) is 5.37. The van der Waals surface area contributed by atoms with Gasteiger partial charge >= 0.3 is 0 Å². The number of rotatable bonds is 5. The number of hydrogen-bond acceptors (Lipinski definition) is 3. The van der Waals surface area contributed by atoms with E-state index in [0.717, 1.165) is 31.7 Å². The molecule has 0 aromatic rings. The van der Waals surface area contributed by atoms with Gasteiger partial charge in [0.25, 0.3) is 5.91 Å². The molecule has 0 aromatic heterocycles. The van der Waals surface area contributed by atoms with Crippen LogP contribution in [0.4, 0.5) is 0 Å². The van der Waals surface area contributed by atoms with Gasteiger partial charge in [-0.1, -0.05) is 13.8 Å². The second kappa shape index (κ2) is 8.09. The molecule has 2 rings (SSSR count). The minimum atomic E-state index is -0.233. The lowest BCUT2D eigenvalue weighted by Crippen LogP contribution is -2.48. The summed E-state index contributed by atoms with van der Waals surface area (Å²) in [6.07, 6.45) is 8.15. The van der Waals surface area contributed by atoms with Gasteiger partial charge in [-0.25, -0.2) is 0 Å². The van der Waals surface area contributed by atoms with Crippen molar-refractivity contribution in [3.05, 3.63) is 0 Å². The van der Waals surface area contributed by atoms with Gasteiger partial charge in [0, 0.05) is 18.5 Å². The zero-order valence-corrected chi connectivity index (χ0v) is 14.5. The summed E-state index contributed by atoms with van der Waals surface area (Å²) in [5.74, 6) is 0.161. The Hall–Kier alpha value is -0.900. The SMILES string of the molecule is CC(C)C(=O)C(=O)N1CCCCC1CCC1CCN(C)CC1. The Balaban J connectivity index is 1.87. The number of ketones is 1. The van der Waals surface area contributed by atoms with Gasteiger partial charge in [-0.05, 0) is 71.0 Å². The molecule has 2 heterocycles. The third kappa shape index (κ3) is 4.55. The summed E-state index contributed by atoms with van der Waals surface area (Å²) in [4.78, 5) is 28.7. The molecule has 0 spiro atoms. The maximum Gasteiger partial charge on any atom is 0.290 e. The molecule has 1 atom stereocenters. The first-order chi connectivity index (χ1) is 10.5. The molecule has 2 fully saturated rings. The molecule has 0 bridgehead atoms. The van der Waals surface area contributed by atoms with Gasteiger partial charge in [-0.2, -0.15) is 0 Å². The van der Waals surface area contributed by atoms with Crippen molar-refractivity contribution in [2.75, 3.05) is 26.7 Å². The molecular weight excluding hydrogens is 276 g/mol. The molecule has 2 aliphatic rings. The minimum absolute atomic E-state index is 0.191. The second-order valence-electron chi connectivity index (χ2n) is 7.49. The fourth-order valence-electron chi connectivity index (χ4n) is 3.74. The first kappa shape index (κ1) is 17.5. The van der Waals surface area contributed by atoms with E-state index >= 15 is 0 Å². The summed E-state index contributed by atoms with van der Waals surface area (Å²) in [6.45, 7) is 6.80. The standard InChI is InChI=1S/C18H32N2O2/c1-14(2)17(21)18(22)20-11-5-4-6-16(20)8-7-15-9-12-19(3)13-10-15/h14-16H,4-13H2,1-3H3. The van der Waals surface area contributed by atoms with Crippen molar-refractivity contribution in [3.63, 3.8) is 0 Å². The highest BCUT2D eigenvalue weighted by Crippen LogP contribution is 2.27. The van der Waals surface area contributed by atoms with Crippen molar-refractivity contribution in [2.45, 2.75) is 64.8 Å². The quantitative estimate of drug-likeness (QED) is 0.733. The van der Waals surface area contributed by atoms with Crippen molar-refractivity contribution in [3.8, 4) is 0 Å². The minimum Gasteiger partial charge on any atom is -0.333 e. The van der Waals surface area contributed by atoms with Crippen LogP contribution < -0.4 is 0 Å². The number of carbonyl (C=O) groups is 2. The van der Waals surface area contributed by atoms with Crippen LogP contribution in [0.25, 0.3) is 0 Å². The summed E-state index contributed by atoms with van der Waals surface area (Å²) in [6, 6.07) is 0.295. The first-order valence-electron chi connectivity index (χ1n) is 9.02. The molecule has 4 nitrogen and oxygen atoms in total. The Morgan fingerprint density at radius 3 is 2.32 bits per heavy atom. The molecule has 22 heavy (non-hydrogen) atoms. The number of carbonyl (C=O) groups excluding carboxylic acids is 2. The smallest absolute Gasteiger partial charge is 0.290 e. The van der Waals surface area contributed by atoms with Crippen LogP contribution in [-0.4, -0.2) is 54.2 Å². The molecular formula is C18H32N2O2. The Bertz CT molecular complexity index is 387. The van der Waals surface area contributed by atoms with E-state index in [2.05, 4.69) is 11.9 Å². The predicted molar refractivity (Wildman–Crippen MR) is 88.7 cm³/mol. The maximum absolute atomic E-state index is 12.4. The molecule has 0 N–H and O–H groups in total. The maximum atomic E-state index is 12.4. The van der Waals surface area contributed by atoms with Crippen LogP contribution in [0.2, 0.25) is 0 Å². The van der Waals surface area contributed by atoms with E-state index in [1.807, 2.05) is 18.7 Å². The molecule has 1 unspecified atom stereocenters. The van der Waals surface area contributed by atoms with Crippen LogP contribution in [0.3, 0.4) is 0 Å². The molecule has 126 valence electrons. The van der Waals surface area contributed by atoms with E-state index in [1.165, 1.54) is 38.8 Å². The number of nitrogens with zero attached hydrogens (tertiary/aromatic N) is 2. The lowest BCUT2D eigenvalue weighted by Gasteiger charge is -2.37. The normalized spacial score (nSPS) is 24.7. The highest BCUT2D eigenvalue weighted by Gasteiger charge is 2.32. The predicted octanol–water partition coefficient (Wildman–Crippen LogP) is 2.71. The highest BCUT2D eigenvalue weighted by atomic mass is 16.2. The fourth-order valence-corrected chi connectivity index (χ4v) is 3.74. The zero-order valence-electron chi connectivity index (χ0n) is 14.5. The number of piperidine rings is 2. The molecule has 0 radical (unpaired) electrons. The lowest BCUT2D eigenvalue weighted by molar-refractivity contribution is -0.148. The highest BCUT2D eigenvalue weighted by molar-refractivity contribution is 6.36. The molecule has 2 saturated heterocycles. The number of Topliss-reactive ketones (excluding diaryl/α,β-unsaturated/α-hetero) is 1. The summed E-state index contributed by atoms with van der Waals surface area (Å²) in [5.41, 5.74) is 0. The van der Waals surface area contributed by atoms with Crippen molar-refractivity contribution in [1.29, 1.82) is 0 Å². The van der Waals surface area contributed by atoms with Gasteiger partial charge in [-0.3, -0.25) is 9.59 Å². The largest absolute Gasteiger partial charge is 0.333 e. The van der Waals surface area contributed by atoms with Gasteiger partial charge < -0.3 is 9.80 Å². The first-order valence-corrected chi connectivity index (χ1v) is 9.02. The van der Waals surface area contributed by atoms with Gasteiger partial charge in [0.2, 0.25) is 5.78 Å². The molecule has 1 amide bonds. The fraction of sp³-hybridized carbons (Fsp3) is 0.889. The molecule has 0 aromatic carbocycles. The van der Waals surface area contributed by atoms with Crippen molar-refractivity contribution in [1.82, 2.24) is 9.80 Å². The summed E-state index contributed by atoms with van der Waals surface area (Å²) in [5, 5.41) is 0. The lowest BCUT2D eigenvalue weighted by atomic mass is 9.88. The van der Waals surface area contributed by atoms with Crippen LogP contribution in [0.15, 0.2) is 0 Å². The van der Waals surface area contributed by atoms with Crippen molar-refractivity contribution >= 4 is 11.7 Å². The van der Waals surface area contributed by atoms with E-state index in [-0.39, 0.29) is 17.6 Å². The topological polar surface area (TPSA) is 40.6 Å². The van der Waals surface area contributed by atoms with Crippen LogP contribution in [0, 0.1) is 11.8 Å². The average molecular weight is 308 g/mol. The van der Waals surface area contributed by atoms with Crippen LogP contribution in [0.5, 0.6) is 0 Å².